The van der Waals surface area contributed by atoms with E-state index in [2.05, 4.69) is 4.72 Å². The average Bonchev–Trinajstić information content (AvgIpc) is 3.50. The predicted molar refractivity (Wildman–Crippen MR) is 201 cm³/mol. The normalized spacial score (nSPS) is 18.8. The fourth-order valence-electron chi connectivity index (χ4n) is 7.20. The fourth-order valence-corrected chi connectivity index (χ4v) is 8.26. The molecular formula is C38H63N5O7S. The van der Waals surface area contributed by atoms with E-state index in [1.165, 1.54) is 31.4 Å². The monoisotopic (exact) mass is 733 g/mol. The van der Waals surface area contributed by atoms with Crippen LogP contribution in [0, 0.1) is 29.1 Å². The van der Waals surface area contributed by atoms with Crippen molar-refractivity contribution in [3.8, 4) is 0 Å². The first-order valence-electron chi connectivity index (χ1n) is 17.9. The van der Waals surface area contributed by atoms with Crippen LogP contribution in [0.5, 0.6) is 0 Å². The summed E-state index contributed by atoms with van der Waals surface area (Å²) in [7, 11) is 2.78. The van der Waals surface area contributed by atoms with Crippen molar-refractivity contribution in [3.63, 3.8) is 0 Å². The number of nitrogen functional groups attached to an aromatic ring is 1. The van der Waals surface area contributed by atoms with Gasteiger partial charge in [-0.3, -0.25) is 24.1 Å². The Balaban J connectivity index is 2.32. The summed E-state index contributed by atoms with van der Waals surface area (Å²) in [4.78, 5) is 60.2. The van der Waals surface area contributed by atoms with Gasteiger partial charge in [-0.1, -0.05) is 61.5 Å². The number of benzene rings is 1. The van der Waals surface area contributed by atoms with Crippen molar-refractivity contribution in [1.82, 2.24) is 19.4 Å². The Morgan fingerprint density at radius 2 is 1.59 bits per heavy atom. The van der Waals surface area contributed by atoms with E-state index >= 15 is 0 Å². The molecule has 1 aliphatic rings. The molecule has 2 rings (SSSR count). The van der Waals surface area contributed by atoms with Gasteiger partial charge in [0.2, 0.25) is 17.7 Å². The van der Waals surface area contributed by atoms with Gasteiger partial charge in [0.1, 0.15) is 0 Å². The van der Waals surface area contributed by atoms with Crippen LogP contribution in [0.25, 0.3) is 0 Å². The van der Waals surface area contributed by atoms with Gasteiger partial charge < -0.3 is 20.3 Å². The molecule has 0 saturated carbocycles. The van der Waals surface area contributed by atoms with Crippen LogP contribution >= 0.6 is 0 Å². The second-order valence-electron chi connectivity index (χ2n) is 16.0. The van der Waals surface area contributed by atoms with Gasteiger partial charge in [-0.25, -0.2) is 13.1 Å². The van der Waals surface area contributed by atoms with Gasteiger partial charge >= 0.3 is 0 Å². The molecule has 0 radical (unpaired) electrons. The number of nitrogens with zero attached hydrogens (tertiary/aromatic N) is 3. The van der Waals surface area contributed by atoms with Gasteiger partial charge in [-0.05, 0) is 75.4 Å². The highest BCUT2D eigenvalue weighted by molar-refractivity contribution is 7.90. The van der Waals surface area contributed by atoms with E-state index in [-0.39, 0.29) is 46.8 Å². The predicted octanol–water partition coefficient (Wildman–Crippen LogP) is 4.35. The molecule has 3 N–H and O–H groups in total. The number of anilines is 1. The topological polar surface area (TPSA) is 159 Å². The summed E-state index contributed by atoms with van der Waals surface area (Å²) in [6.45, 7) is 17.6. The maximum absolute atomic E-state index is 14.2. The lowest BCUT2D eigenvalue weighted by molar-refractivity contribution is -0.143. The van der Waals surface area contributed by atoms with Crippen molar-refractivity contribution >= 4 is 39.2 Å². The number of nitrogens with one attached hydrogen (secondary N) is 1. The summed E-state index contributed by atoms with van der Waals surface area (Å²) in [6, 6.07) is 4.30. The number of likely N-dealkylation sites (tertiary alicyclic amines) is 1. The van der Waals surface area contributed by atoms with Gasteiger partial charge in [0.15, 0.2) is 5.78 Å². The zero-order chi connectivity index (χ0) is 39.2. The number of Topliss-reactive ketones (excluding diaryl/α,β-unsaturated/α-hetero) is 1. The van der Waals surface area contributed by atoms with Gasteiger partial charge in [-0.15, -0.1) is 0 Å². The molecule has 13 heteroatoms. The molecule has 1 aromatic rings. The number of carbonyl (C=O) groups is 4. The van der Waals surface area contributed by atoms with E-state index in [4.69, 9.17) is 10.5 Å². The van der Waals surface area contributed by atoms with Crippen LogP contribution < -0.4 is 10.5 Å². The molecule has 1 saturated heterocycles. The molecule has 0 spiro atoms. The van der Waals surface area contributed by atoms with Crippen LogP contribution in [0.1, 0.15) is 81.6 Å². The number of hydrogen-bond donors (Lipinski definition) is 2. The van der Waals surface area contributed by atoms with Crippen LogP contribution in [0.15, 0.2) is 40.8 Å². The lowest BCUT2D eigenvalue weighted by Gasteiger charge is -2.38. The van der Waals surface area contributed by atoms with E-state index in [9.17, 15) is 27.6 Å². The number of sulfonamides is 1. The van der Waals surface area contributed by atoms with E-state index in [0.717, 1.165) is 0 Å². The Morgan fingerprint density at radius 1 is 1.02 bits per heavy atom. The summed E-state index contributed by atoms with van der Waals surface area (Å²) < 4.78 is 33.7. The first-order chi connectivity index (χ1) is 23.5. The molecule has 0 bridgehead atoms. The second-order valence-corrected chi connectivity index (χ2v) is 17.7. The molecule has 1 fully saturated rings. The standard InChI is InChI=1S/C38H63N5O7S/c1-23(2)31(42(12)37(47)29(38(7,8)9)22-32(44)33(24(3)4)41(10)11)21-25(5)36(46)43-20-14-15-30(43)34(50-13)26(6)35(45)40-51(48,49)28-18-16-27(39)17-19-28/h16-19,21,23-24,26,29-31,33-34H,14-15,20,22,39H2,1-13H3,(H,40,45)/b25-21+/t26-,29-,30+,31-,33+,34-/m1/s1. The first kappa shape index (κ1) is 43.9. The van der Waals surface area contributed by atoms with Crippen LogP contribution in [-0.2, 0) is 33.9 Å². The Bertz CT molecular complexity index is 1510. The molecule has 0 aliphatic carbocycles. The zero-order valence-electron chi connectivity index (χ0n) is 33.0. The highest BCUT2D eigenvalue weighted by atomic mass is 32.2. The Hall–Kier alpha value is -3.29. The molecule has 3 amide bonds. The molecule has 51 heavy (non-hydrogen) atoms. The number of ketones is 1. The number of likely N-dealkylation sites (N-methyl/N-ethyl adjacent to an activating group) is 2. The van der Waals surface area contributed by atoms with Crippen molar-refractivity contribution in [3.05, 3.63) is 35.9 Å². The number of nitrogens with two attached hydrogens (primary N) is 1. The second kappa shape index (κ2) is 18.0. The summed E-state index contributed by atoms with van der Waals surface area (Å²) in [6.07, 6.45) is 2.39. The molecule has 1 aromatic carbocycles. The quantitative estimate of drug-likeness (QED) is 0.186. The first-order valence-corrected chi connectivity index (χ1v) is 19.3. The Labute approximate surface area is 306 Å². The average molecular weight is 734 g/mol. The molecule has 288 valence electrons. The summed E-state index contributed by atoms with van der Waals surface area (Å²) in [5.41, 5.74) is 6.02. The summed E-state index contributed by atoms with van der Waals surface area (Å²) in [5, 5.41) is 0. The summed E-state index contributed by atoms with van der Waals surface area (Å²) >= 11 is 0. The van der Waals surface area contributed by atoms with Gasteiger partial charge in [0.05, 0.1) is 35.0 Å². The van der Waals surface area contributed by atoms with Crippen molar-refractivity contribution in [1.29, 1.82) is 0 Å². The van der Waals surface area contributed by atoms with E-state index in [1.54, 1.807) is 30.7 Å². The van der Waals surface area contributed by atoms with Crippen LogP contribution in [-0.4, -0.2) is 106 Å². The zero-order valence-corrected chi connectivity index (χ0v) is 33.8. The number of rotatable bonds is 16. The lowest BCUT2D eigenvalue weighted by atomic mass is 9.75. The smallest absolute Gasteiger partial charge is 0.264 e. The summed E-state index contributed by atoms with van der Waals surface area (Å²) in [5.74, 6) is -2.55. The SMILES string of the molecule is CO[C@H]([C@@H](C)C(=O)NS(=O)(=O)c1ccc(N)cc1)[C@@H]1CCCN1C(=O)/C(C)=C/[C@H](C(C)C)N(C)C(=O)[C@@H](CC(=O)[C@H](C(C)C)N(C)C)C(C)(C)C. The fraction of sp³-hybridized carbons (Fsp3) is 0.684. The lowest BCUT2D eigenvalue weighted by Crippen LogP contribution is -2.51. The number of ether oxygens (including phenoxy) is 1. The van der Waals surface area contributed by atoms with E-state index in [0.29, 0.717) is 30.6 Å². The molecule has 0 unspecified atom stereocenters. The number of hydrogen-bond acceptors (Lipinski definition) is 9. The largest absolute Gasteiger partial charge is 0.399 e. The van der Waals surface area contributed by atoms with Crippen LogP contribution in [0.4, 0.5) is 5.69 Å². The highest BCUT2D eigenvalue weighted by Crippen LogP contribution is 2.34. The van der Waals surface area contributed by atoms with Gasteiger partial charge in [0.25, 0.3) is 10.0 Å². The minimum absolute atomic E-state index is 0.0261. The number of carbonyl (C=O) groups excluding carboxylic acids is 4. The minimum atomic E-state index is -4.15. The third-order valence-corrected chi connectivity index (χ3v) is 11.4. The molecule has 12 nitrogen and oxygen atoms in total. The minimum Gasteiger partial charge on any atom is -0.399 e. The molecule has 0 aromatic heterocycles. The Morgan fingerprint density at radius 3 is 2.06 bits per heavy atom. The van der Waals surface area contributed by atoms with E-state index in [1.807, 2.05) is 73.5 Å². The van der Waals surface area contributed by atoms with Crippen molar-refractivity contribution < 1.29 is 32.3 Å². The molecular weight excluding hydrogens is 671 g/mol. The maximum atomic E-state index is 14.2. The maximum Gasteiger partial charge on any atom is 0.264 e. The van der Waals surface area contributed by atoms with Crippen molar-refractivity contribution in [2.24, 2.45) is 29.1 Å². The number of amides is 3. The van der Waals surface area contributed by atoms with Crippen LogP contribution in [0.2, 0.25) is 0 Å². The third kappa shape index (κ3) is 11.1. The highest BCUT2D eigenvalue weighted by Gasteiger charge is 2.42. The molecule has 1 heterocycles. The molecule has 1 aliphatic heterocycles. The molecule has 6 atom stereocenters. The van der Waals surface area contributed by atoms with Crippen molar-refractivity contribution in [2.45, 2.75) is 111 Å². The number of methoxy groups -OCH3 is 1. The third-order valence-electron chi connectivity index (χ3n) is 10.0. The van der Waals surface area contributed by atoms with Gasteiger partial charge in [0, 0.05) is 44.3 Å². The Kier molecular flexibility index (Phi) is 15.5. The van der Waals surface area contributed by atoms with Crippen LogP contribution in [0.3, 0.4) is 0 Å². The van der Waals surface area contributed by atoms with E-state index < -0.39 is 51.4 Å². The van der Waals surface area contributed by atoms with Crippen molar-refractivity contribution in [2.75, 3.05) is 40.5 Å². The van der Waals surface area contributed by atoms with Gasteiger partial charge in [-0.2, -0.15) is 0 Å².